The van der Waals surface area contributed by atoms with Gasteiger partial charge in [-0.05, 0) is 22.0 Å². The molecule has 0 spiro atoms. The van der Waals surface area contributed by atoms with Gasteiger partial charge in [0.1, 0.15) is 0 Å². The van der Waals surface area contributed by atoms with Gasteiger partial charge in [-0.1, -0.05) is 0 Å². The molecule has 0 unspecified atom stereocenters. The first kappa shape index (κ1) is 12.6. The Morgan fingerprint density at radius 2 is 2.33 bits per heavy atom. The lowest BCUT2D eigenvalue weighted by atomic mass is 10.3. The molecule has 0 radical (unpaired) electrons. The van der Waals surface area contributed by atoms with Crippen molar-refractivity contribution >= 4 is 27.3 Å². The van der Waals surface area contributed by atoms with Gasteiger partial charge in [-0.15, -0.1) is 0 Å². The van der Waals surface area contributed by atoms with Gasteiger partial charge in [-0.3, -0.25) is 10.1 Å². The van der Waals surface area contributed by atoms with Crippen LogP contribution in [0.5, 0.6) is 0 Å². The predicted molar refractivity (Wildman–Crippen MR) is 71.3 cm³/mol. The van der Waals surface area contributed by atoms with Crippen LogP contribution in [0.2, 0.25) is 0 Å². The number of aryl methyl sites for hydroxylation is 1. The summed E-state index contributed by atoms with van der Waals surface area (Å²) in [4.78, 5) is 14.2. The molecule has 1 heterocycles. The van der Waals surface area contributed by atoms with E-state index in [1.54, 1.807) is 18.6 Å². The maximum atomic E-state index is 10.6. The van der Waals surface area contributed by atoms with Crippen molar-refractivity contribution in [3.63, 3.8) is 0 Å². The summed E-state index contributed by atoms with van der Waals surface area (Å²) in [5.41, 5.74) is 1.90. The summed E-state index contributed by atoms with van der Waals surface area (Å²) in [6, 6.07) is 4.63. The maximum Gasteiger partial charge on any atom is 0.270 e. The van der Waals surface area contributed by atoms with Crippen molar-refractivity contribution in [1.82, 2.24) is 9.55 Å². The average Bonchev–Trinajstić information content (AvgIpc) is 2.73. The Labute approximate surface area is 112 Å². The van der Waals surface area contributed by atoms with E-state index in [-0.39, 0.29) is 5.69 Å². The second-order valence-electron chi connectivity index (χ2n) is 3.77. The number of imidazole rings is 1. The van der Waals surface area contributed by atoms with Crippen LogP contribution in [0.3, 0.4) is 0 Å². The van der Waals surface area contributed by atoms with Crippen molar-refractivity contribution in [2.75, 3.05) is 5.32 Å². The van der Waals surface area contributed by atoms with E-state index in [1.165, 1.54) is 12.1 Å². The highest BCUT2D eigenvalue weighted by Crippen LogP contribution is 2.27. The molecule has 1 aromatic heterocycles. The third kappa shape index (κ3) is 2.67. The summed E-state index contributed by atoms with van der Waals surface area (Å²) in [5.74, 6) is 0. The highest BCUT2D eigenvalue weighted by molar-refractivity contribution is 9.10. The van der Waals surface area contributed by atoms with E-state index in [9.17, 15) is 10.1 Å². The van der Waals surface area contributed by atoms with Crippen LogP contribution < -0.4 is 5.32 Å². The fraction of sp³-hybridized carbons (Fsp3) is 0.182. The number of hydrogen-bond donors (Lipinski definition) is 1. The standard InChI is InChI=1S/C11H11BrN4O2/c1-15-7-13-5-9(15)6-14-11-3-2-8(16(17)18)4-10(11)12/h2-5,7,14H,6H2,1H3. The van der Waals surface area contributed by atoms with Crippen molar-refractivity contribution in [3.05, 3.63) is 51.0 Å². The molecule has 2 aromatic rings. The van der Waals surface area contributed by atoms with Crippen LogP contribution in [0.4, 0.5) is 11.4 Å². The van der Waals surface area contributed by atoms with Crippen molar-refractivity contribution in [1.29, 1.82) is 0 Å². The number of nitro benzene ring substituents is 1. The molecule has 0 aliphatic heterocycles. The minimum atomic E-state index is -0.421. The molecule has 0 saturated carbocycles. The second kappa shape index (κ2) is 5.18. The first-order chi connectivity index (χ1) is 8.58. The fourth-order valence-corrected chi connectivity index (χ4v) is 2.01. The smallest absolute Gasteiger partial charge is 0.270 e. The minimum absolute atomic E-state index is 0.0629. The van der Waals surface area contributed by atoms with E-state index in [1.807, 2.05) is 11.6 Å². The van der Waals surface area contributed by atoms with Gasteiger partial charge in [0.2, 0.25) is 0 Å². The molecule has 94 valence electrons. The van der Waals surface area contributed by atoms with Crippen molar-refractivity contribution in [3.8, 4) is 0 Å². The zero-order valence-corrected chi connectivity index (χ0v) is 11.2. The van der Waals surface area contributed by atoms with Crippen LogP contribution in [-0.2, 0) is 13.6 Å². The number of nitro groups is 1. The van der Waals surface area contributed by atoms with Gasteiger partial charge in [0, 0.05) is 35.5 Å². The van der Waals surface area contributed by atoms with E-state index >= 15 is 0 Å². The topological polar surface area (TPSA) is 73.0 Å². The Balaban J connectivity index is 2.11. The molecule has 0 bridgehead atoms. The quantitative estimate of drug-likeness (QED) is 0.696. The zero-order valence-electron chi connectivity index (χ0n) is 9.63. The van der Waals surface area contributed by atoms with E-state index in [4.69, 9.17) is 0 Å². The highest BCUT2D eigenvalue weighted by Gasteiger charge is 2.09. The Morgan fingerprint density at radius 1 is 1.56 bits per heavy atom. The Morgan fingerprint density at radius 3 is 2.89 bits per heavy atom. The molecular formula is C11H11BrN4O2. The van der Waals surface area contributed by atoms with Crippen LogP contribution in [-0.4, -0.2) is 14.5 Å². The molecule has 0 atom stereocenters. The third-order valence-electron chi connectivity index (χ3n) is 2.54. The number of nitrogens with one attached hydrogen (secondary N) is 1. The van der Waals surface area contributed by atoms with Crippen LogP contribution in [0.25, 0.3) is 0 Å². The average molecular weight is 311 g/mol. The molecular weight excluding hydrogens is 300 g/mol. The fourth-order valence-electron chi connectivity index (χ4n) is 1.50. The van der Waals surface area contributed by atoms with Gasteiger partial charge in [0.15, 0.2) is 0 Å². The lowest BCUT2D eigenvalue weighted by molar-refractivity contribution is -0.384. The molecule has 18 heavy (non-hydrogen) atoms. The second-order valence-corrected chi connectivity index (χ2v) is 4.63. The summed E-state index contributed by atoms with van der Waals surface area (Å²) in [5, 5.41) is 13.8. The first-order valence-electron chi connectivity index (χ1n) is 5.21. The van der Waals surface area contributed by atoms with E-state index in [0.717, 1.165) is 11.4 Å². The summed E-state index contributed by atoms with van der Waals surface area (Å²) in [6.07, 6.45) is 3.49. The van der Waals surface area contributed by atoms with Gasteiger partial charge in [0.05, 0.1) is 23.5 Å². The first-order valence-corrected chi connectivity index (χ1v) is 6.00. The largest absolute Gasteiger partial charge is 0.378 e. The highest BCUT2D eigenvalue weighted by atomic mass is 79.9. The van der Waals surface area contributed by atoms with Gasteiger partial charge in [-0.2, -0.15) is 0 Å². The van der Waals surface area contributed by atoms with Gasteiger partial charge in [0.25, 0.3) is 5.69 Å². The predicted octanol–water partition coefficient (Wildman–Crippen LogP) is 2.70. The van der Waals surface area contributed by atoms with E-state index in [0.29, 0.717) is 11.0 Å². The van der Waals surface area contributed by atoms with Crippen LogP contribution in [0, 0.1) is 10.1 Å². The van der Waals surface area contributed by atoms with Gasteiger partial charge >= 0.3 is 0 Å². The van der Waals surface area contributed by atoms with Gasteiger partial charge in [-0.25, -0.2) is 4.98 Å². The van der Waals surface area contributed by atoms with E-state index < -0.39 is 4.92 Å². The molecule has 0 aliphatic carbocycles. The lowest BCUT2D eigenvalue weighted by Crippen LogP contribution is -2.04. The van der Waals surface area contributed by atoms with Crippen LogP contribution in [0.1, 0.15) is 5.69 Å². The number of benzene rings is 1. The number of aromatic nitrogens is 2. The summed E-state index contributed by atoms with van der Waals surface area (Å²) < 4.78 is 2.57. The number of anilines is 1. The van der Waals surface area contributed by atoms with Crippen LogP contribution in [0.15, 0.2) is 35.2 Å². The normalized spacial score (nSPS) is 10.3. The summed E-state index contributed by atoms with van der Waals surface area (Å²) in [7, 11) is 1.91. The molecule has 7 heteroatoms. The number of nitrogens with zero attached hydrogens (tertiary/aromatic N) is 3. The lowest BCUT2D eigenvalue weighted by Gasteiger charge is -2.08. The van der Waals surface area contributed by atoms with Crippen molar-refractivity contribution in [2.24, 2.45) is 7.05 Å². The zero-order chi connectivity index (χ0) is 13.1. The van der Waals surface area contributed by atoms with Gasteiger partial charge < -0.3 is 9.88 Å². The molecule has 0 saturated heterocycles. The Bertz CT molecular complexity index is 582. The number of non-ortho nitro benzene ring substituents is 1. The molecule has 6 nitrogen and oxygen atoms in total. The van der Waals surface area contributed by atoms with E-state index in [2.05, 4.69) is 26.2 Å². The third-order valence-corrected chi connectivity index (χ3v) is 3.20. The number of rotatable bonds is 4. The van der Waals surface area contributed by atoms with Crippen molar-refractivity contribution in [2.45, 2.75) is 6.54 Å². The molecule has 2 rings (SSSR count). The summed E-state index contributed by atoms with van der Waals surface area (Å²) >= 11 is 3.31. The number of halogens is 1. The summed E-state index contributed by atoms with van der Waals surface area (Å²) in [6.45, 7) is 0.604. The Hall–Kier alpha value is -1.89. The molecule has 1 N–H and O–H groups in total. The monoisotopic (exact) mass is 310 g/mol. The molecule has 1 aromatic carbocycles. The van der Waals surface area contributed by atoms with Crippen LogP contribution >= 0.6 is 15.9 Å². The van der Waals surface area contributed by atoms with Crippen molar-refractivity contribution < 1.29 is 4.92 Å². The number of hydrogen-bond acceptors (Lipinski definition) is 4. The molecule has 0 amide bonds. The SMILES string of the molecule is Cn1cncc1CNc1ccc([N+](=O)[O-])cc1Br. The Kier molecular flexibility index (Phi) is 3.61. The molecule has 0 fully saturated rings. The maximum absolute atomic E-state index is 10.6. The molecule has 0 aliphatic rings. The minimum Gasteiger partial charge on any atom is -0.378 e.